The number of benzene rings is 1. The molecule has 0 aliphatic heterocycles. The molecule has 2 aromatic rings. The Morgan fingerprint density at radius 2 is 1.89 bits per heavy atom. The first-order valence-electron chi connectivity index (χ1n) is 6.26. The van der Waals surface area contributed by atoms with Gasteiger partial charge in [0.1, 0.15) is 0 Å². The van der Waals surface area contributed by atoms with Gasteiger partial charge in [-0.05, 0) is 56.2 Å². The maximum Gasteiger partial charge on any atom is 0.0553 e. The maximum atomic E-state index is 3.59. The summed E-state index contributed by atoms with van der Waals surface area (Å²) in [5.41, 5.74) is 5.03. The number of rotatable bonds is 4. The van der Waals surface area contributed by atoms with Crippen LogP contribution in [0.15, 0.2) is 34.9 Å². The van der Waals surface area contributed by atoms with Crippen LogP contribution in [0.1, 0.15) is 23.7 Å². The van der Waals surface area contributed by atoms with Crippen molar-refractivity contribution in [2.45, 2.75) is 33.9 Å². The highest BCUT2D eigenvalue weighted by atomic mass is 79.9. The average Bonchev–Trinajstić information content (AvgIpc) is 2.80. The van der Waals surface area contributed by atoms with Crippen LogP contribution in [0, 0.1) is 13.8 Å². The molecule has 3 heteroatoms. The molecule has 2 rings (SSSR count). The lowest BCUT2D eigenvalue weighted by atomic mass is 10.1. The van der Waals surface area contributed by atoms with Crippen LogP contribution < -0.4 is 5.32 Å². The molecular weight excluding hydrogens is 288 g/mol. The largest absolute Gasteiger partial charge is 0.379 e. The number of aromatic nitrogens is 1. The zero-order valence-electron chi connectivity index (χ0n) is 11.1. The summed E-state index contributed by atoms with van der Waals surface area (Å²) in [5, 5.41) is 3.49. The summed E-state index contributed by atoms with van der Waals surface area (Å²) in [6.07, 6.45) is 2.12. The fraction of sp³-hybridized carbons (Fsp3) is 0.333. The average molecular weight is 307 g/mol. The zero-order chi connectivity index (χ0) is 13.1. The van der Waals surface area contributed by atoms with Gasteiger partial charge < -0.3 is 9.88 Å². The highest BCUT2D eigenvalue weighted by Crippen LogP contribution is 2.25. The predicted octanol–water partition coefficient (Wildman–Crippen LogP) is 4.50. The molecule has 2 nitrogen and oxygen atoms in total. The smallest absolute Gasteiger partial charge is 0.0553 e. The summed E-state index contributed by atoms with van der Waals surface area (Å²) in [6, 6.07) is 8.61. The van der Waals surface area contributed by atoms with Gasteiger partial charge in [0.05, 0.1) is 6.54 Å². The summed E-state index contributed by atoms with van der Waals surface area (Å²) in [5.74, 6) is 0. The van der Waals surface area contributed by atoms with Gasteiger partial charge in [-0.2, -0.15) is 0 Å². The minimum atomic E-state index is 0.862. The van der Waals surface area contributed by atoms with E-state index in [9.17, 15) is 0 Å². The SMILES string of the molecule is CCn1cccc1CNc1cc(C)c(Br)c(C)c1. The summed E-state index contributed by atoms with van der Waals surface area (Å²) in [4.78, 5) is 0. The Morgan fingerprint density at radius 1 is 1.22 bits per heavy atom. The maximum absolute atomic E-state index is 3.59. The third kappa shape index (κ3) is 2.78. The molecule has 0 aliphatic rings. The van der Waals surface area contributed by atoms with Crippen molar-refractivity contribution in [3.63, 3.8) is 0 Å². The monoisotopic (exact) mass is 306 g/mol. The van der Waals surface area contributed by atoms with Crippen LogP contribution in [-0.4, -0.2) is 4.57 Å². The number of aryl methyl sites for hydroxylation is 3. The topological polar surface area (TPSA) is 17.0 Å². The third-order valence-corrected chi connectivity index (χ3v) is 4.43. The van der Waals surface area contributed by atoms with Gasteiger partial charge in [0.15, 0.2) is 0 Å². The molecule has 0 radical (unpaired) electrons. The van der Waals surface area contributed by atoms with Crippen molar-refractivity contribution in [2.24, 2.45) is 0 Å². The van der Waals surface area contributed by atoms with Crippen molar-refractivity contribution in [1.29, 1.82) is 0 Å². The van der Waals surface area contributed by atoms with Crippen LogP contribution >= 0.6 is 15.9 Å². The molecule has 1 aromatic heterocycles. The molecule has 0 unspecified atom stereocenters. The van der Waals surface area contributed by atoms with Crippen LogP contribution in [0.4, 0.5) is 5.69 Å². The Morgan fingerprint density at radius 3 is 2.50 bits per heavy atom. The molecule has 1 N–H and O–H groups in total. The molecule has 0 spiro atoms. The Labute approximate surface area is 117 Å². The van der Waals surface area contributed by atoms with Gasteiger partial charge in [-0.3, -0.25) is 0 Å². The van der Waals surface area contributed by atoms with Crippen molar-refractivity contribution in [3.8, 4) is 0 Å². The van der Waals surface area contributed by atoms with E-state index in [2.05, 4.69) is 77.0 Å². The van der Waals surface area contributed by atoms with Crippen molar-refractivity contribution >= 4 is 21.6 Å². The molecule has 0 amide bonds. The molecule has 1 aromatic carbocycles. The molecule has 1 heterocycles. The summed E-state index contributed by atoms with van der Waals surface area (Å²) < 4.78 is 3.45. The van der Waals surface area contributed by atoms with Gasteiger partial charge >= 0.3 is 0 Å². The lowest BCUT2D eigenvalue weighted by molar-refractivity contribution is 0.724. The number of anilines is 1. The van der Waals surface area contributed by atoms with E-state index in [1.165, 1.54) is 27.0 Å². The first-order valence-corrected chi connectivity index (χ1v) is 7.05. The van der Waals surface area contributed by atoms with E-state index in [-0.39, 0.29) is 0 Å². The Hall–Kier alpha value is -1.22. The molecule has 0 saturated carbocycles. The Kier molecular flexibility index (Phi) is 4.12. The lowest BCUT2D eigenvalue weighted by Crippen LogP contribution is -2.06. The summed E-state index contributed by atoms with van der Waals surface area (Å²) >= 11 is 3.59. The molecule has 96 valence electrons. The third-order valence-electron chi connectivity index (χ3n) is 3.17. The fourth-order valence-electron chi connectivity index (χ4n) is 2.16. The van der Waals surface area contributed by atoms with E-state index < -0.39 is 0 Å². The van der Waals surface area contributed by atoms with E-state index in [1.54, 1.807) is 0 Å². The second kappa shape index (κ2) is 5.61. The van der Waals surface area contributed by atoms with E-state index in [0.29, 0.717) is 0 Å². The number of hydrogen-bond acceptors (Lipinski definition) is 1. The van der Waals surface area contributed by atoms with Gasteiger partial charge in [0, 0.05) is 28.6 Å². The van der Waals surface area contributed by atoms with Gasteiger partial charge in [0.2, 0.25) is 0 Å². The second-order valence-corrected chi connectivity index (χ2v) is 5.36. The molecule has 0 atom stereocenters. The number of nitrogens with one attached hydrogen (secondary N) is 1. The lowest BCUT2D eigenvalue weighted by Gasteiger charge is -2.12. The summed E-state index contributed by atoms with van der Waals surface area (Å²) in [7, 11) is 0. The van der Waals surface area contributed by atoms with Crippen molar-refractivity contribution < 1.29 is 0 Å². The molecule has 0 saturated heterocycles. The van der Waals surface area contributed by atoms with Gasteiger partial charge in [-0.1, -0.05) is 15.9 Å². The molecule has 18 heavy (non-hydrogen) atoms. The number of halogens is 1. The number of nitrogens with zero attached hydrogens (tertiary/aromatic N) is 1. The van der Waals surface area contributed by atoms with Crippen molar-refractivity contribution in [2.75, 3.05) is 5.32 Å². The molecule has 0 aliphatic carbocycles. The second-order valence-electron chi connectivity index (χ2n) is 4.56. The highest BCUT2D eigenvalue weighted by molar-refractivity contribution is 9.10. The van der Waals surface area contributed by atoms with E-state index >= 15 is 0 Å². The zero-order valence-corrected chi connectivity index (χ0v) is 12.7. The van der Waals surface area contributed by atoms with Crippen LogP contribution in [0.25, 0.3) is 0 Å². The minimum Gasteiger partial charge on any atom is -0.379 e. The van der Waals surface area contributed by atoms with Crippen LogP contribution in [0.3, 0.4) is 0 Å². The van der Waals surface area contributed by atoms with E-state index in [4.69, 9.17) is 0 Å². The van der Waals surface area contributed by atoms with E-state index in [1.807, 2.05) is 0 Å². The van der Waals surface area contributed by atoms with Crippen LogP contribution in [-0.2, 0) is 13.1 Å². The summed E-state index contributed by atoms with van der Waals surface area (Å²) in [6.45, 7) is 8.29. The van der Waals surface area contributed by atoms with Gasteiger partial charge in [-0.15, -0.1) is 0 Å². The fourth-order valence-corrected chi connectivity index (χ4v) is 2.39. The first-order chi connectivity index (χ1) is 8.61. The minimum absolute atomic E-state index is 0.862. The first kappa shape index (κ1) is 13.2. The quantitative estimate of drug-likeness (QED) is 0.880. The molecule has 0 fully saturated rings. The van der Waals surface area contributed by atoms with Gasteiger partial charge in [-0.25, -0.2) is 0 Å². The van der Waals surface area contributed by atoms with Gasteiger partial charge in [0.25, 0.3) is 0 Å². The predicted molar refractivity (Wildman–Crippen MR) is 81.0 cm³/mol. The van der Waals surface area contributed by atoms with Crippen molar-refractivity contribution in [3.05, 3.63) is 51.8 Å². The normalized spacial score (nSPS) is 10.7. The van der Waals surface area contributed by atoms with Crippen LogP contribution in [0.2, 0.25) is 0 Å². The Balaban J connectivity index is 2.11. The Bertz CT molecular complexity index is 520. The molecule has 0 bridgehead atoms. The highest BCUT2D eigenvalue weighted by Gasteiger charge is 2.03. The molecular formula is C15H19BrN2. The number of hydrogen-bond donors (Lipinski definition) is 1. The van der Waals surface area contributed by atoms with E-state index in [0.717, 1.165) is 13.1 Å². The standard InChI is InChI=1S/C15H19BrN2/c1-4-18-7-5-6-14(18)10-17-13-8-11(2)15(16)12(3)9-13/h5-9,17H,4,10H2,1-3H3. The van der Waals surface area contributed by atoms with Crippen molar-refractivity contribution in [1.82, 2.24) is 4.57 Å². The van der Waals surface area contributed by atoms with Crippen LogP contribution in [0.5, 0.6) is 0 Å².